The van der Waals surface area contributed by atoms with Gasteiger partial charge in [0.25, 0.3) is 0 Å². The number of nitrogens with one attached hydrogen (secondary N) is 1. The van der Waals surface area contributed by atoms with Gasteiger partial charge in [-0.05, 0) is 47.3 Å². The first-order valence-electron chi connectivity index (χ1n) is 9.79. The minimum atomic E-state index is -0.0768. The molecule has 0 radical (unpaired) electrons. The van der Waals surface area contributed by atoms with Crippen molar-refractivity contribution < 1.29 is 0 Å². The Balaban J connectivity index is 1.68. The van der Waals surface area contributed by atoms with Gasteiger partial charge < -0.3 is 4.98 Å². The van der Waals surface area contributed by atoms with Crippen molar-refractivity contribution in [3.05, 3.63) is 100 Å². The van der Waals surface area contributed by atoms with Crippen molar-refractivity contribution in [2.24, 2.45) is 4.99 Å². The maximum Gasteiger partial charge on any atom is 0.214 e. The molecule has 3 aromatic heterocycles. The molecule has 0 aliphatic rings. The molecule has 3 heterocycles. The standard InChI is InChI=1S/C25H16N4O/c30-25-18-7-4-11-26-22(18)23-21-17(10-12-27-23)19-13-16(8-9-20(19)29-24(21)25)28-14-15-5-2-1-3-6-15/h1-13,26H,14H2. The molecule has 6 rings (SSSR count). The molecule has 0 fully saturated rings. The van der Waals surface area contributed by atoms with Crippen LogP contribution in [0.2, 0.25) is 0 Å². The summed E-state index contributed by atoms with van der Waals surface area (Å²) in [5, 5.41) is 4.22. The zero-order valence-corrected chi connectivity index (χ0v) is 16.0. The van der Waals surface area contributed by atoms with Crippen LogP contribution in [0.15, 0.2) is 88.9 Å². The number of nitrogens with zero attached hydrogens (tertiary/aromatic N) is 3. The van der Waals surface area contributed by atoms with E-state index < -0.39 is 0 Å². The predicted molar refractivity (Wildman–Crippen MR) is 120 cm³/mol. The Morgan fingerprint density at radius 2 is 1.77 bits per heavy atom. The first kappa shape index (κ1) is 16.8. The van der Waals surface area contributed by atoms with E-state index in [1.807, 2.05) is 60.8 Å². The summed E-state index contributed by atoms with van der Waals surface area (Å²) < 4.78 is 0. The first-order chi connectivity index (χ1) is 14.8. The molecule has 142 valence electrons. The average molecular weight is 388 g/mol. The highest BCUT2D eigenvalue weighted by Crippen LogP contribution is 2.31. The Morgan fingerprint density at radius 3 is 2.67 bits per heavy atom. The van der Waals surface area contributed by atoms with Crippen molar-refractivity contribution >= 4 is 43.6 Å². The third kappa shape index (κ3) is 2.49. The fraction of sp³-hybridized carbons (Fsp3) is 0.0400. The van der Waals surface area contributed by atoms with Crippen LogP contribution < -0.4 is 10.8 Å². The Bertz CT molecular complexity index is 1690. The fourth-order valence-electron chi connectivity index (χ4n) is 4.11. The molecule has 6 aromatic rings. The highest BCUT2D eigenvalue weighted by Gasteiger charge is 2.16. The number of rotatable bonds is 2. The summed E-state index contributed by atoms with van der Waals surface area (Å²) in [6.45, 7) is 0.615. The number of fused-ring (bicyclic) bond motifs is 4. The molecule has 5 heteroatoms. The minimum Gasteiger partial charge on any atom is -0.359 e. The van der Waals surface area contributed by atoms with Crippen LogP contribution in [-0.4, -0.2) is 15.0 Å². The van der Waals surface area contributed by atoms with Gasteiger partial charge in [-0.3, -0.25) is 14.8 Å². The number of hydrogen-bond acceptors (Lipinski definition) is 4. The Kier molecular flexibility index (Phi) is 3.62. The van der Waals surface area contributed by atoms with Crippen molar-refractivity contribution in [2.45, 2.75) is 6.54 Å². The van der Waals surface area contributed by atoms with Crippen molar-refractivity contribution in [1.29, 1.82) is 0 Å². The summed E-state index contributed by atoms with van der Waals surface area (Å²) in [4.78, 5) is 30.4. The number of aromatic amines is 1. The molecule has 0 spiro atoms. The molecule has 30 heavy (non-hydrogen) atoms. The summed E-state index contributed by atoms with van der Waals surface area (Å²) in [6, 6.07) is 21.7. The van der Waals surface area contributed by atoms with E-state index in [2.05, 4.69) is 22.1 Å². The quantitative estimate of drug-likeness (QED) is 0.355. The molecule has 0 unspecified atom stereocenters. The third-order valence-corrected chi connectivity index (χ3v) is 5.53. The lowest BCUT2D eigenvalue weighted by atomic mass is 10.0. The second-order valence-electron chi connectivity index (χ2n) is 7.33. The minimum absolute atomic E-state index is 0.0768. The van der Waals surface area contributed by atoms with Gasteiger partial charge in [-0.15, -0.1) is 0 Å². The maximum atomic E-state index is 13.1. The molecule has 1 N–H and O–H groups in total. The van der Waals surface area contributed by atoms with E-state index >= 15 is 0 Å². The molecule has 0 bridgehead atoms. The Morgan fingerprint density at radius 1 is 0.867 bits per heavy atom. The molecule has 0 atom stereocenters. The lowest BCUT2D eigenvalue weighted by molar-refractivity contribution is 1.01. The van der Waals surface area contributed by atoms with Gasteiger partial charge in [-0.1, -0.05) is 30.3 Å². The lowest BCUT2D eigenvalue weighted by Gasteiger charge is -2.10. The van der Waals surface area contributed by atoms with Crippen LogP contribution in [0.5, 0.6) is 0 Å². The van der Waals surface area contributed by atoms with Crippen LogP contribution in [0.25, 0.3) is 43.6 Å². The van der Waals surface area contributed by atoms with Crippen molar-refractivity contribution in [3.63, 3.8) is 0 Å². The van der Waals surface area contributed by atoms with E-state index in [4.69, 9.17) is 9.98 Å². The molecule has 5 nitrogen and oxygen atoms in total. The molecule has 0 amide bonds. The predicted octanol–water partition coefficient (Wildman–Crippen LogP) is 4.32. The second-order valence-corrected chi connectivity index (χ2v) is 7.33. The summed E-state index contributed by atoms with van der Waals surface area (Å²) in [6.07, 6.45) is 3.60. The summed E-state index contributed by atoms with van der Waals surface area (Å²) in [7, 11) is 0. The van der Waals surface area contributed by atoms with E-state index in [1.165, 1.54) is 0 Å². The van der Waals surface area contributed by atoms with Gasteiger partial charge in [0.2, 0.25) is 5.43 Å². The van der Waals surface area contributed by atoms with E-state index in [0.717, 1.165) is 43.6 Å². The average Bonchev–Trinajstić information content (AvgIpc) is 2.81. The van der Waals surface area contributed by atoms with Gasteiger partial charge in [0.1, 0.15) is 5.52 Å². The summed E-state index contributed by atoms with van der Waals surface area (Å²) in [5.74, 6) is 0. The van der Waals surface area contributed by atoms with Gasteiger partial charge in [-0.25, -0.2) is 4.98 Å². The van der Waals surface area contributed by atoms with Gasteiger partial charge in [-0.2, -0.15) is 0 Å². The van der Waals surface area contributed by atoms with E-state index in [0.29, 0.717) is 17.4 Å². The van der Waals surface area contributed by atoms with Gasteiger partial charge in [0.15, 0.2) is 0 Å². The number of benzene rings is 3. The van der Waals surface area contributed by atoms with Crippen LogP contribution in [-0.2, 0) is 6.54 Å². The molecule has 0 saturated carbocycles. The van der Waals surface area contributed by atoms with Gasteiger partial charge >= 0.3 is 0 Å². The largest absolute Gasteiger partial charge is 0.359 e. The number of H-pyrrole nitrogens is 1. The highest BCUT2D eigenvalue weighted by atomic mass is 16.1. The van der Waals surface area contributed by atoms with E-state index in [1.54, 1.807) is 6.20 Å². The zero-order valence-electron chi connectivity index (χ0n) is 16.0. The van der Waals surface area contributed by atoms with Crippen LogP contribution in [0.3, 0.4) is 0 Å². The van der Waals surface area contributed by atoms with Crippen LogP contribution >= 0.6 is 0 Å². The first-order valence-corrected chi connectivity index (χ1v) is 9.79. The SMILES string of the molecule is O=c1c2ccc[nH]c2c2nccc3c4cc(=NCc5ccccc5)ccc4nc1c32. The Labute approximate surface area is 170 Å². The smallest absolute Gasteiger partial charge is 0.214 e. The van der Waals surface area contributed by atoms with Gasteiger partial charge in [0.05, 0.1) is 28.5 Å². The molecule has 0 saturated heterocycles. The maximum absolute atomic E-state index is 13.1. The zero-order chi connectivity index (χ0) is 20.1. The third-order valence-electron chi connectivity index (χ3n) is 5.53. The van der Waals surface area contributed by atoms with E-state index in [-0.39, 0.29) is 5.43 Å². The second kappa shape index (κ2) is 6.46. The molecule has 3 aromatic carbocycles. The van der Waals surface area contributed by atoms with Crippen LogP contribution in [0.4, 0.5) is 0 Å². The highest BCUT2D eigenvalue weighted by molar-refractivity contribution is 6.23. The fourth-order valence-corrected chi connectivity index (χ4v) is 4.11. The number of hydrogen-bond donors (Lipinski definition) is 1. The van der Waals surface area contributed by atoms with E-state index in [9.17, 15) is 4.79 Å². The Hall–Kier alpha value is -4.12. The molecular formula is C25H16N4O. The van der Waals surface area contributed by atoms with Crippen LogP contribution in [0, 0.1) is 0 Å². The van der Waals surface area contributed by atoms with Crippen LogP contribution in [0.1, 0.15) is 5.56 Å². The summed E-state index contributed by atoms with van der Waals surface area (Å²) in [5.41, 5.74) is 3.83. The topological polar surface area (TPSA) is 71.0 Å². The summed E-state index contributed by atoms with van der Waals surface area (Å²) >= 11 is 0. The van der Waals surface area contributed by atoms with Gasteiger partial charge in [0, 0.05) is 28.6 Å². The van der Waals surface area contributed by atoms with Crippen molar-refractivity contribution in [1.82, 2.24) is 15.0 Å². The molecule has 0 aliphatic carbocycles. The van der Waals surface area contributed by atoms with Crippen molar-refractivity contribution in [2.75, 3.05) is 0 Å². The number of aromatic nitrogens is 3. The monoisotopic (exact) mass is 388 g/mol. The number of pyridine rings is 3. The molecular weight excluding hydrogens is 372 g/mol. The lowest BCUT2D eigenvalue weighted by Crippen LogP contribution is -2.08. The van der Waals surface area contributed by atoms with Crippen molar-refractivity contribution in [3.8, 4) is 0 Å². The normalized spacial score (nSPS) is 12.5. The molecule has 0 aliphatic heterocycles.